The first-order valence-corrected chi connectivity index (χ1v) is 13.0. The van der Waals surface area contributed by atoms with Gasteiger partial charge >= 0.3 is 0 Å². The van der Waals surface area contributed by atoms with Gasteiger partial charge in [0, 0.05) is 32.4 Å². The second-order valence-corrected chi connectivity index (χ2v) is 9.52. The van der Waals surface area contributed by atoms with Gasteiger partial charge in [-0.2, -0.15) is 0 Å². The molecule has 196 valence electrons. The van der Waals surface area contributed by atoms with E-state index in [0.29, 0.717) is 44.7 Å². The van der Waals surface area contributed by atoms with E-state index in [0.717, 1.165) is 36.0 Å². The van der Waals surface area contributed by atoms with Crippen LogP contribution in [0.4, 0.5) is 0 Å². The number of ether oxygens (including phenoxy) is 2. The van der Waals surface area contributed by atoms with Gasteiger partial charge in [-0.05, 0) is 74.9 Å². The van der Waals surface area contributed by atoms with Gasteiger partial charge < -0.3 is 25.4 Å². The average molecular weight is 496 g/mol. The maximum absolute atomic E-state index is 13.8. The summed E-state index contributed by atoms with van der Waals surface area (Å²) in [4.78, 5) is 29.3. The van der Waals surface area contributed by atoms with E-state index in [-0.39, 0.29) is 17.9 Å². The molecule has 1 aliphatic heterocycles. The van der Waals surface area contributed by atoms with Crippen molar-refractivity contribution in [2.24, 2.45) is 5.73 Å². The van der Waals surface area contributed by atoms with E-state index >= 15 is 0 Å². The fraction of sp³-hybridized carbons (Fsp3) is 0.517. The van der Waals surface area contributed by atoms with Crippen LogP contribution in [0.3, 0.4) is 0 Å². The zero-order valence-electron chi connectivity index (χ0n) is 21.9. The lowest BCUT2D eigenvalue weighted by atomic mass is 9.76. The van der Waals surface area contributed by atoms with Gasteiger partial charge in [0.25, 0.3) is 5.91 Å². The first-order chi connectivity index (χ1) is 17.5. The predicted molar refractivity (Wildman–Crippen MR) is 143 cm³/mol. The lowest BCUT2D eigenvalue weighted by Crippen LogP contribution is -2.54. The summed E-state index contributed by atoms with van der Waals surface area (Å²) in [5, 5.41) is 3.10. The monoisotopic (exact) mass is 495 g/mol. The Morgan fingerprint density at radius 1 is 1.22 bits per heavy atom. The Bertz CT molecular complexity index is 982. The summed E-state index contributed by atoms with van der Waals surface area (Å²) in [6.07, 6.45) is 12.7. The summed E-state index contributed by atoms with van der Waals surface area (Å²) in [5.74, 6) is -0.816. The molecule has 1 aliphatic carbocycles. The molecule has 0 saturated heterocycles. The van der Waals surface area contributed by atoms with Crippen LogP contribution in [0.2, 0.25) is 0 Å². The maximum Gasteiger partial charge on any atom is 0.254 e. The number of nitrogens with zero attached hydrogens (tertiary/aromatic N) is 1. The minimum atomic E-state index is -0.591. The van der Waals surface area contributed by atoms with Crippen molar-refractivity contribution in [3.63, 3.8) is 0 Å². The number of rotatable bonds is 11. The molecule has 2 atom stereocenters. The van der Waals surface area contributed by atoms with Crippen LogP contribution >= 0.6 is 0 Å². The highest BCUT2D eigenvalue weighted by atomic mass is 16.5. The molecule has 0 aromatic heterocycles. The summed E-state index contributed by atoms with van der Waals surface area (Å²) in [5.41, 5.74) is 9.44. The normalized spacial score (nSPS) is 22.9. The minimum Gasteiger partial charge on any atom is -0.404 e. The van der Waals surface area contributed by atoms with Gasteiger partial charge in [0.2, 0.25) is 5.91 Å². The summed E-state index contributed by atoms with van der Waals surface area (Å²) in [6.45, 7) is 5.79. The van der Waals surface area contributed by atoms with Gasteiger partial charge in [-0.15, -0.1) is 0 Å². The Kier molecular flexibility index (Phi) is 10.8. The van der Waals surface area contributed by atoms with Crippen molar-refractivity contribution < 1.29 is 19.1 Å². The fourth-order valence-corrected chi connectivity index (χ4v) is 4.92. The Balaban J connectivity index is 2.00. The Labute approximate surface area is 215 Å². The summed E-state index contributed by atoms with van der Waals surface area (Å²) in [7, 11) is 1.61. The topological polar surface area (TPSA) is 93.9 Å². The molecule has 3 rings (SSSR count). The van der Waals surface area contributed by atoms with Gasteiger partial charge in [-0.1, -0.05) is 36.4 Å². The Morgan fingerprint density at radius 2 is 2.03 bits per heavy atom. The first kappa shape index (κ1) is 27.7. The van der Waals surface area contributed by atoms with Crippen LogP contribution in [0.25, 0.3) is 0 Å². The SMILES string of the molecule is COCCN1C(=O)c2ccccc2C(C(=O)NCCCOC(C)C)C1C(=C/N)/C1=C/CCC/C=C\C1. The molecule has 7 nitrogen and oxygen atoms in total. The molecule has 2 amide bonds. The van der Waals surface area contributed by atoms with Crippen LogP contribution in [0.1, 0.15) is 67.8 Å². The van der Waals surface area contributed by atoms with Crippen molar-refractivity contribution in [2.45, 2.75) is 64.0 Å². The molecule has 36 heavy (non-hydrogen) atoms. The third-order valence-corrected chi connectivity index (χ3v) is 6.67. The van der Waals surface area contributed by atoms with E-state index in [1.165, 1.54) is 0 Å². The third-order valence-electron chi connectivity index (χ3n) is 6.67. The number of allylic oxidation sites excluding steroid dienone is 3. The molecule has 0 spiro atoms. The number of hydrogen-bond donors (Lipinski definition) is 2. The average Bonchev–Trinajstić information content (AvgIpc) is 2.84. The van der Waals surface area contributed by atoms with Crippen molar-refractivity contribution in [1.29, 1.82) is 0 Å². The van der Waals surface area contributed by atoms with Crippen LogP contribution in [-0.4, -0.2) is 62.3 Å². The number of nitrogens with one attached hydrogen (secondary N) is 1. The smallest absolute Gasteiger partial charge is 0.254 e. The van der Waals surface area contributed by atoms with Crippen LogP contribution in [0, 0.1) is 0 Å². The first-order valence-electron chi connectivity index (χ1n) is 13.0. The van der Waals surface area contributed by atoms with Gasteiger partial charge in [-0.3, -0.25) is 9.59 Å². The molecule has 0 radical (unpaired) electrons. The predicted octanol–water partition coefficient (Wildman–Crippen LogP) is 4.07. The summed E-state index contributed by atoms with van der Waals surface area (Å²) < 4.78 is 11.0. The zero-order chi connectivity index (χ0) is 25.9. The lowest BCUT2D eigenvalue weighted by Gasteiger charge is -2.43. The molecule has 0 saturated carbocycles. The van der Waals surface area contributed by atoms with Crippen LogP contribution < -0.4 is 11.1 Å². The number of carbonyl (C=O) groups is 2. The Hall–Kier alpha value is -2.90. The summed E-state index contributed by atoms with van der Waals surface area (Å²) >= 11 is 0. The van der Waals surface area contributed by atoms with E-state index in [1.54, 1.807) is 24.3 Å². The van der Waals surface area contributed by atoms with Crippen LogP contribution in [-0.2, 0) is 14.3 Å². The van der Waals surface area contributed by atoms with Crippen molar-refractivity contribution in [2.75, 3.05) is 33.4 Å². The number of hydrogen-bond acceptors (Lipinski definition) is 5. The van der Waals surface area contributed by atoms with Crippen molar-refractivity contribution in [1.82, 2.24) is 10.2 Å². The largest absolute Gasteiger partial charge is 0.404 e. The van der Waals surface area contributed by atoms with Gasteiger partial charge in [0.15, 0.2) is 0 Å². The third kappa shape index (κ3) is 6.86. The lowest BCUT2D eigenvalue weighted by molar-refractivity contribution is -0.123. The highest BCUT2D eigenvalue weighted by Gasteiger charge is 2.45. The van der Waals surface area contributed by atoms with Crippen molar-refractivity contribution in [3.05, 3.63) is 71.0 Å². The van der Waals surface area contributed by atoms with Crippen molar-refractivity contribution in [3.8, 4) is 0 Å². The second kappa shape index (κ2) is 14.0. The molecule has 2 aliphatic rings. The molecule has 1 aromatic rings. The number of amides is 2. The highest BCUT2D eigenvalue weighted by Crippen LogP contribution is 2.40. The van der Waals surface area contributed by atoms with E-state index in [1.807, 2.05) is 32.0 Å². The molecule has 2 unspecified atom stereocenters. The fourth-order valence-electron chi connectivity index (χ4n) is 4.92. The van der Waals surface area contributed by atoms with Crippen LogP contribution in [0.5, 0.6) is 0 Å². The van der Waals surface area contributed by atoms with E-state index in [9.17, 15) is 9.59 Å². The van der Waals surface area contributed by atoms with E-state index in [4.69, 9.17) is 15.2 Å². The zero-order valence-corrected chi connectivity index (χ0v) is 21.9. The number of fused-ring (bicyclic) bond motifs is 1. The molecule has 3 N–H and O–H groups in total. The van der Waals surface area contributed by atoms with Crippen LogP contribution in [0.15, 0.2) is 59.8 Å². The van der Waals surface area contributed by atoms with E-state index < -0.39 is 12.0 Å². The van der Waals surface area contributed by atoms with E-state index in [2.05, 4.69) is 23.5 Å². The molecular weight excluding hydrogens is 454 g/mol. The Morgan fingerprint density at radius 3 is 2.78 bits per heavy atom. The quantitative estimate of drug-likeness (QED) is 0.357. The second-order valence-electron chi connectivity index (χ2n) is 9.52. The summed E-state index contributed by atoms with van der Waals surface area (Å²) in [6, 6.07) is 6.88. The highest BCUT2D eigenvalue weighted by molar-refractivity contribution is 6.01. The van der Waals surface area contributed by atoms with Gasteiger partial charge in [-0.25, -0.2) is 0 Å². The number of benzene rings is 1. The molecule has 7 heteroatoms. The molecule has 0 bridgehead atoms. The maximum atomic E-state index is 13.8. The molecule has 1 heterocycles. The minimum absolute atomic E-state index is 0.108. The molecule has 0 fully saturated rings. The molecular formula is C29H41N3O4. The van der Waals surface area contributed by atoms with Gasteiger partial charge in [0.1, 0.15) is 0 Å². The molecule has 1 aromatic carbocycles. The number of carbonyl (C=O) groups excluding carboxylic acids is 2. The number of methoxy groups -OCH3 is 1. The van der Waals surface area contributed by atoms with Gasteiger partial charge in [0.05, 0.1) is 24.7 Å². The standard InChI is InChI=1S/C29H41N3O4/c1-21(2)36-18-11-16-31-28(33)26-23-14-9-10-15-24(23)29(34)32(17-19-35-3)27(26)25(20-30)22-12-7-5-4-6-8-13-22/h5,7,9-10,13-15,20-21,26-27H,4,6,8,11-12,16-19,30H2,1-3H3,(H,31,33)/b7-5-,22-13+,25-20+. The van der Waals surface area contributed by atoms with Crippen molar-refractivity contribution >= 4 is 11.8 Å². The number of nitrogens with two attached hydrogens (primary N) is 1.